The highest BCUT2D eigenvalue weighted by atomic mass is 16.5. The molecule has 32 heavy (non-hydrogen) atoms. The second kappa shape index (κ2) is 10.5. The number of rotatable bonds is 8. The van der Waals surface area contributed by atoms with Gasteiger partial charge in [-0.15, -0.1) is 0 Å². The highest BCUT2D eigenvalue weighted by Gasteiger charge is 2.16. The van der Waals surface area contributed by atoms with Crippen LogP contribution in [0.4, 0.5) is 5.69 Å². The monoisotopic (exact) mass is 433 g/mol. The summed E-state index contributed by atoms with van der Waals surface area (Å²) in [5.41, 5.74) is 3.99. The van der Waals surface area contributed by atoms with Crippen molar-refractivity contribution in [2.75, 3.05) is 19.5 Å². The molecular formula is C26H27NO5. The van der Waals surface area contributed by atoms with E-state index in [-0.39, 0.29) is 11.9 Å². The lowest BCUT2D eigenvalue weighted by molar-refractivity contribution is -0.140. The van der Waals surface area contributed by atoms with Crippen LogP contribution in [0.5, 0.6) is 17.2 Å². The summed E-state index contributed by atoms with van der Waals surface area (Å²) in [4.78, 5) is 24.3. The van der Waals surface area contributed by atoms with Crippen LogP contribution in [0.15, 0.2) is 60.7 Å². The van der Waals surface area contributed by atoms with Gasteiger partial charge in [-0.25, -0.2) is 0 Å². The van der Waals surface area contributed by atoms with E-state index in [9.17, 15) is 9.59 Å². The Morgan fingerprint density at radius 2 is 1.59 bits per heavy atom. The zero-order chi connectivity index (χ0) is 23.1. The number of carbonyl (C=O) groups excluding carboxylic acids is 2. The molecule has 0 aliphatic carbocycles. The van der Waals surface area contributed by atoms with Gasteiger partial charge in [0.25, 0.3) is 5.91 Å². The first-order chi connectivity index (χ1) is 15.4. The molecular weight excluding hydrogens is 406 g/mol. The summed E-state index contributed by atoms with van der Waals surface area (Å²) in [6.45, 7) is 3.91. The third-order valence-electron chi connectivity index (χ3n) is 5.03. The van der Waals surface area contributed by atoms with Gasteiger partial charge in [-0.1, -0.05) is 30.3 Å². The number of amides is 1. The molecule has 6 heteroatoms. The SMILES string of the molecule is COC(=O)CCc1cc(C)c(Oc2ccc(OC)c(C(=O)Nc3ccccc3)c2)c(C)c1. The lowest BCUT2D eigenvalue weighted by Gasteiger charge is -2.16. The largest absolute Gasteiger partial charge is 0.496 e. The van der Waals surface area contributed by atoms with Crippen LogP contribution in [-0.4, -0.2) is 26.1 Å². The average Bonchev–Trinajstić information content (AvgIpc) is 2.80. The molecule has 0 fully saturated rings. The third-order valence-corrected chi connectivity index (χ3v) is 5.03. The number of nitrogens with one attached hydrogen (secondary N) is 1. The van der Waals surface area contributed by atoms with Crippen LogP contribution in [0.2, 0.25) is 0 Å². The molecule has 0 saturated heterocycles. The standard InChI is InChI=1S/C26H27NO5/c1-17-14-19(10-13-24(28)31-4)15-18(2)25(17)32-21-11-12-23(30-3)22(16-21)26(29)27-20-8-6-5-7-9-20/h5-9,11-12,14-16H,10,13H2,1-4H3,(H,27,29). The molecule has 1 N–H and O–H groups in total. The third kappa shape index (κ3) is 5.66. The van der Waals surface area contributed by atoms with Gasteiger partial charge in [0.1, 0.15) is 17.2 Å². The number of aryl methyl sites for hydroxylation is 3. The summed E-state index contributed by atoms with van der Waals surface area (Å²) in [6, 6.07) is 18.4. The quantitative estimate of drug-likeness (QED) is 0.478. The fraction of sp³-hybridized carbons (Fsp3) is 0.231. The van der Waals surface area contributed by atoms with Crippen molar-refractivity contribution in [1.82, 2.24) is 0 Å². The zero-order valence-corrected chi connectivity index (χ0v) is 18.7. The highest BCUT2D eigenvalue weighted by Crippen LogP contribution is 2.33. The summed E-state index contributed by atoms with van der Waals surface area (Å²) in [6.07, 6.45) is 0.926. The van der Waals surface area contributed by atoms with Crippen LogP contribution in [-0.2, 0) is 16.0 Å². The van der Waals surface area contributed by atoms with Crippen molar-refractivity contribution < 1.29 is 23.8 Å². The average molecular weight is 434 g/mol. The van der Waals surface area contributed by atoms with Crippen molar-refractivity contribution >= 4 is 17.6 Å². The fourth-order valence-corrected chi connectivity index (χ4v) is 3.46. The van der Waals surface area contributed by atoms with E-state index >= 15 is 0 Å². The van der Waals surface area contributed by atoms with E-state index in [0.29, 0.717) is 41.3 Å². The van der Waals surface area contributed by atoms with Crippen molar-refractivity contribution in [2.24, 2.45) is 0 Å². The molecule has 0 bridgehead atoms. The number of hydrogen-bond donors (Lipinski definition) is 1. The number of carbonyl (C=O) groups is 2. The van der Waals surface area contributed by atoms with Gasteiger partial charge in [-0.2, -0.15) is 0 Å². The summed E-state index contributed by atoms with van der Waals surface area (Å²) >= 11 is 0. The smallest absolute Gasteiger partial charge is 0.305 e. The lowest BCUT2D eigenvalue weighted by Crippen LogP contribution is -2.13. The topological polar surface area (TPSA) is 73.9 Å². The van der Waals surface area contributed by atoms with E-state index in [1.54, 1.807) is 18.2 Å². The van der Waals surface area contributed by atoms with E-state index in [1.165, 1.54) is 14.2 Å². The Bertz CT molecular complexity index is 1090. The molecule has 0 aliphatic rings. The summed E-state index contributed by atoms with van der Waals surface area (Å²) in [7, 11) is 2.91. The Balaban J connectivity index is 1.82. The lowest BCUT2D eigenvalue weighted by atomic mass is 10.0. The van der Waals surface area contributed by atoms with Crippen LogP contribution in [0.25, 0.3) is 0 Å². The van der Waals surface area contributed by atoms with Crippen molar-refractivity contribution in [3.05, 3.63) is 82.9 Å². The summed E-state index contributed by atoms with van der Waals surface area (Å²) in [5, 5.41) is 2.87. The number of ether oxygens (including phenoxy) is 3. The normalized spacial score (nSPS) is 10.4. The number of hydrogen-bond acceptors (Lipinski definition) is 5. The van der Waals surface area contributed by atoms with Crippen LogP contribution >= 0.6 is 0 Å². The van der Waals surface area contributed by atoms with Gasteiger partial charge in [0.2, 0.25) is 0 Å². The first-order valence-electron chi connectivity index (χ1n) is 10.3. The minimum absolute atomic E-state index is 0.236. The predicted molar refractivity (Wildman–Crippen MR) is 124 cm³/mol. The van der Waals surface area contributed by atoms with Crippen LogP contribution in [0.3, 0.4) is 0 Å². The highest BCUT2D eigenvalue weighted by molar-refractivity contribution is 6.06. The van der Waals surface area contributed by atoms with Gasteiger partial charge in [-0.3, -0.25) is 9.59 Å². The van der Waals surface area contributed by atoms with Crippen LogP contribution in [0, 0.1) is 13.8 Å². The Morgan fingerprint density at radius 3 is 2.22 bits per heavy atom. The van der Waals surface area contributed by atoms with Gasteiger partial charge in [-0.05, 0) is 67.3 Å². The molecule has 0 aliphatic heterocycles. The number of esters is 1. The van der Waals surface area contributed by atoms with Crippen molar-refractivity contribution in [2.45, 2.75) is 26.7 Å². The first-order valence-corrected chi connectivity index (χ1v) is 10.3. The van der Waals surface area contributed by atoms with Crippen LogP contribution in [0.1, 0.15) is 33.5 Å². The molecule has 0 radical (unpaired) electrons. The molecule has 0 unspecified atom stereocenters. The molecule has 0 spiro atoms. The van der Waals surface area contributed by atoms with E-state index < -0.39 is 0 Å². The Hall–Kier alpha value is -3.80. The molecule has 0 heterocycles. The maximum Gasteiger partial charge on any atom is 0.305 e. The zero-order valence-electron chi connectivity index (χ0n) is 18.7. The van der Waals surface area contributed by atoms with Gasteiger partial charge in [0, 0.05) is 12.1 Å². The molecule has 0 aromatic heterocycles. The second-order valence-corrected chi connectivity index (χ2v) is 7.42. The van der Waals surface area contributed by atoms with E-state index in [4.69, 9.17) is 14.2 Å². The van der Waals surface area contributed by atoms with Gasteiger partial charge in [0.05, 0.1) is 19.8 Å². The minimum atomic E-state index is -0.287. The predicted octanol–water partition coefficient (Wildman–Crippen LogP) is 5.46. The van der Waals surface area contributed by atoms with E-state index in [2.05, 4.69) is 5.32 Å². The summed E-state index contributed by atoms with van der Waals surface area (Å²) < 4.78 is 16.2. The van der Waals surface area contributed by atoms with Gasteiger partial charge in [0.15, 0.2) is 0 Å². The maximum absolute atomic E-state index is 12.8. The molecule has 0 saturated carbocycles. The molecule has 6 nitrogen and oxygen atoms in total. The molecule has 3 aromatic carbocycles. The molecule has 3 aromatic rings. The van der Waals surface area contributed by atoms with Crippen LogP contribution < -0.4 is 14.8 Å². The van der Waals surface area contributed by atoms with Crippen molar-refractivity contribution in [3.8, 4) is 17.2 Å². The summed E-state index contributed by atoms with van der Waals surface area (Å²) in [5.74, 6) is 1.17. The van der Waals surface area contributed by atoms with Crippen molar-refractivity contribution in [3.63, 3.8) is 0 Å². The van der Waals surface area contributed by atoms with E-state index in [0.717, 1.165) is 16.7 Å². The Kier molecular flexibility index (Phi) is 7.49. The molecule has 1 amide bonds. The number of methoxy groups -OCH3 is 2. The number of benzene rings is 3. The number of anilines is 1. The van der Waals surface area contributed by atoms with Gasteiger partial charge < -0.3 is 19.5 Å². The van der Waals surface area contributed by atoms with Gasteiger partial charge >= 0.3 is 5.97 Å². The van der Waals surface area contributed by atoms with Crippen molar-refractivity contribution in [1.29, 1.82) is 0 Å². The molecule has 166 valence electrons. The molecule has 0 atom stereocenters. The number of para-hydroxylation sites is 1. The first kappa shape index (κ1) is 22.9. The second-order valence-electron chi connectivity index (χ2n) is 7.42. The Labute approximate surface area is 188 Å². The fourth-order valence-electron chi connectivity index (χ4n) is 3.46. The Morgan fingerprint density at radius 1 is 0.906 bits per heavy atom. The minimum Gasteiger partial charge on any atom is -0.496 e. The molecule has 3 rings (SSSR count). The van der Waals surface area contributed by atoms with E-state index in [1.807, 2.05) is 56.3 Å². The maximum atomic E-state index is 12.8.